The van der Waals surface area contributed by atoms with E-state index in [-0.39, 0.29) is 30.3 Å². The summed E-state index contributed by atoms with van der Waals surface area (Å²) in [6.07, 6.45) is 5.43. The molecule has 2 aliphatic rings. The average molecular weight is 390 g/mol. The zero-order valence-electron chi connectivity index (χ0n) is 15.9. The third kappa shape index (κ3) is 4.04. The molecular formula is C21H28ClN3O2. The lowest BCUT2D eigenvalue weighted by atomic mass is 9.65. The highest BCUT2D eigenvalue weighted by atomic mass is 35.5. The fourth-order valence-electron chi connectivity index (χ4n) is 4.57. The van der Waals surface area contributed by atoms with E-state index in [4.69, 9.17) is 10.2 Å². The summed E-state index contributed by atoms with van der Waals surface area (Å²) in [5.41, 5.74) is 8.91. The number of aromatic nitrogens is 1. The number of nitrogens with zero attached hydrogens (tertiary/aromatic N) is 1. The summed E-state index contributed by atoms with van der Waals surface area (Å²) in [7, 11) is 0. The molecule has 0 spiro atoms. The second-order valence-corrected chi connectivity index (χ2v) is 7.93. The molecule has 1 aromatic heterocycles. The number of nitrogens with two attached hydrogens (primary N) is 1. The molecule has 2 aromatic rings. The molecule has 0 radical (unpaired) electrons. The lowest BCUT2D eigenvalue weighted by Gasteiger charge is -2.43. The molecule has 1 heterocycles. The Bertz CT molecular complexity index is 786. The van der Waals surface area contributed by atoms with Gasteiger partial charge in [-0.1, -0.05) is 12.5 Å². The average Bonchev–Trinajstić information content (AvgIpc) is 2.94. The summed E-state index contributed by atoms with van der Waals surface area (Å²) in [5.74, 6) is 2.60. The molecule has 146 valence electrons. The maximum atomic E-state index is 12.8. The number of amides is 1. The zero-order valence-corrected chi connectivity index (χ0v) is 16.7. The van der Waals surface area contributed by atoms with Gasteiger partial charge in [0.05, 0.1) is 5.69 Å². The molecule has 2 saturated carbocycles. The van der Waals surface area contributed by atoms with Crippen LogP contribution in [0.3, 0.4) is 0 Å². The van der Waals surface area contributed by atoms with Crippen LogP contribution in [0.1, 0.15) is 43.6 Å². The molecule has 27 heavy (non-hydrogen) atoms. The van der Waals surface area contributed by atoms with Gasteiger partial charge in [0.2, 0.25) is 11.8 Å². The predicted octanol–water partition coefficient (Wildman–Crippen LogP) is 4.47. The fourth-order valence-corrected chi connectivity index (χ4v) is 4.57. The van der Waals surface area contributed by atoms with Gasteiger partial charge in [-0.3, -0.25) is 4.79 Å². The van der Waals surface area contributed by atoms with Crippen molar-refractivity contribution in [3.63, 3.8) is 0 Å². The van der Waals surface area contributed by atoms with Gasteiger partial charge >= 0.3 is 0 Å². The van der Waals surface area contributed by atoms with Crippen molar-refractivity contribution in [3.8, 4) is 11.5 Å². The molecule has 1 amide bonds. The van der Waals surface area contributed by atoms with Crippen LogP contribution in [0.15, 0.2) is 28.7 Å². The molecule has 5 nitrogen and oxygen atoms in total. The Morgan fingerprint density at radius 2 is 1.93 bits per heavy atom. The first kappa shape index (κ1) is 19.9. The molecule has 2 unspecified atom stereocenters. The number of hydrogen-bond acceptors (Lipinski definition) is 4. The Labute approximate surface area is 166 Å². The van der Waals surface area contributed by atoms with E-state index in [0.29, 0.717) is 17.7 Å². The van der Waals surface area contributed by atoms with Crippen LogP contribution in [0.25, 0.3) is 11.5 Å². The molecule has 2 aliphatic carbocycles. The van der Waals surface area contributed by atoms with Crippen LogP contribution < -0.4 is 11.1 Å². The molecule has 1 aromatic carbocycles. The number of aryl methyl sites for hydroxylation is 2. The minimum atomic E-state index is 0. The van der Waals surface area contributed by atoms with Gasteiger partial charge in [-0.05, 0) is 69.6 Å². The van der Waals surface area contributed by atoms with Crippen LogP contribution >= 0.6 is 12.4 Å². The Morgan fingerprint density at radius 3 is 2.56 bits per heavy atom. The lowest BCUT2D eigenvalue weighted by molar-refractivity contribution is -0.122. The molecule has 3 N–H and O–H groups in total. The largest absolute Gasteiger partial charge is 0.441 e. The van der Waals surface area contributed by atoms with Crippen molar-refractivity contribution in [1.29, 1.82) is 0 Å². The van der Waals surface area contributed by atoms with Crippen molar-refractivity contribution in [1.82, 2.24) is 4.98 Å². The highest BCUT2D eigenvalue weighted by Crippen LogP contribution is 2.42. The Kier molecular flexibility index (Phi) is 5.92. The van der Waals surface area contributed by atoms with E-state index in [1.54, 1.807) is 0 Å². The summed E-state index contributed by atoms with van der Waals surface area (Å²) in [5, 5.41) is 3.10. The second kappa shape index (κ2) is 8.03. The maximum Gasteiger partial charge on any atom is 0.227 e. The highest BCUT2D eigenvalue weighted by molar-refractivity contribution is 5.93. The topological polar surface area (TPSA) is 81.2 Å². The third-order valence-electron chi connectivity index (χ3n) is 6.19. The summed E-state index contributed by atoms with van der Waals surface area (Å²) in [4.78, 5) is 17.3. The summed E-state index contributed by atoms with van der Waals surface area (Å²) < 4.78 is 5.70. The second-order valence-electron chi connectivity index (χ2n) is 7.93. The number of carbonyl (C=O) groups excluding carboxylic acids is 1. The molecular weight excluding hydrogens is 362 g/mol. The molecule has 0 aliphatic heterocycles. The minimum absolute atomic E-state index is 0. The maximum absolute atomic E-state index is 12.8. The Hall–Kier alpha value is -1.85. The number of benzene rings is 1. The van der Waals surface area contributed by atoms with Crippen LogP contribution in [0, 0.1) is 31.6 Å². The fraction of sp³-hybridized carbons (Fsp3) is 0.524. The predicted molar refractivity (Wildman–Crippen MR) is 109 cm³/mol. The number of oxazole rings is 1. The summed E-state index contributed by atoms with van der Waals surface area (Å²) in [6, 6.07) is 8.00. The minimum Gasteiger partial charge on any atom is -0.441 e. The first-order valence-electron chi connectivity index (χ1n) is 9.62. The quantitative estimate of drug-likeness (QED) is 0.811. The number of nitrogens with one attached hydrogen (secondary N) is 1. The van der Waals surface area contributed by atoms with Gasteiger partial charge in [-0.2, -0.15) is 0 Å². The van der Waals surface area contributed by atoms with Gasteiger partial charge < -0.3 is 15.5 Å². The van der Waals surface area contributed by atoms with Gasteiger partial charge in [-0.15, -0.1) is 12.4 Å². The Morgan fingerprint density at radius 1 is 1.22 bits per heavy atom. The smallest absolute Gasteiger partial charge is 0.227 e. The van der Waals surface area contributed by atoms with Gasteiger partial charge in [0.15, 0.2) is 0 Å². The van der Waals surface area contributed by atoms with Crippen LogP contribution in [0.5, 0.6) is 0 Å². The van der Waals surface area contributed by atoms with Crippen LogP contribution in [0.4, 0.5) is 5.69 Å². The van der Waals surface area contributed by atoms with Gasteiger partial charge in [-0.25, -0.2) is 4.98 Å². The van der Waals surface area contributed by atoms with Crippen molar-refractivity contribution in [2.45, 2.75) is 52.0 Å². The molecule has 4 rings (SSSR count). The number of fused-ring (bicyclic) bond motifs is 2. The van der Waals surface area contributed by atoms with Gasteiger partial charge in [0, 0.05) is 23.2 Å². The number of carbonyl (C=O) groups is 1. The summed E-state index contributed by atoms with van der Waals surface area (Å²) in [6.45, 7) is 3.83. The van der Waals surface area contributed by atoms with E-state index in [1.165, 1.54) is 19.3 Å². The molecule has 2 atom stereocenters. The highest BCUT2D eigenvalue weighted by Gasteiger charge is 2.40. The number of halogens is 1. The van der Waals surface area contributed by atoms with Crippen molar-refractivity contribution in [3.05, 3.63) is 35.7 Å². The van der Waals surface area contributed by atoms with Crippen LogP contribution in [0.2, 0.25) is 0 Å². The van der Waals surface area contributed by atoms with Crippen LogP contribution in [-0.4, -0.2) is 16.9 Å². The Balaban J connectivity index is 0.00000210. The van der Waals surface area contributed by atoms with Crippen molar-refractivity contribution < 1.29 is 9.21 Å². The van der Waals surface area contributed by atoms with E-state index >= 15 is 0 Å². The van der Waals surface area contributed by atoms with Gasteiger partial charge in [0.1, 0.15) is 5.76 Å². The zero-order chi connectivity index (χ0) is 18.3. The number of anilines is 1. The number of rotatable bonds is 3. The van der Waals surface area contributed by atoms with E-state index in [9.17, 15) is 4.79 Å². The molecule has 2 fully saturated rings. The van der Waals surface area contributed by atoms with Gasteiger partial charge in [0.25, 0.3) is 0 Å². The first-order chi connectivity index (χ1) is 12.5. The van der Waals surface area contributed by atoms with Crippen molar-refractivity contribution in [2.75, 3.05) is 5.32 Å². The molecule has 0 saturated heterocycles. The van der Waals surface area contributed by atoms with Crippen molar-refractivity contribution in [2.24, 2.45) is 23.5 Å². The van der Waals surface area contributed by atoms with E-state index in [0.717, 1.165) is 35.5 Å². The van der Waals surface area contributed by atoms with Crippen LogP contribution in [-0.2, 0) is 4.79 Å². The molecule has 2 bridgehead atoms. The first-order valence-corrected chi connectivity index (χ1v) is 9.62. The number of hydrogen-bond donors (Lipinski definition) is 2. The summed E-state index contributed by atoms with van der Waals surface area (Å²) >= 11 is 0. The van der Waals surface area contributed by atoms with Crippen molar-refractivity contribution >= 4 is 24.0 Å². The SMILES string of the molecule is Cc1nc(-c2cccc(NC(=O)C3CC4CCCC(C3)C4N)c2)oc1C.Cl. The van der Waals surface area contributed by atoms with E-state index < -0.39 is 0 Å². The monoisotopic (exact) mass is 389 g/mol. The normalized spacial score (nSPS) is 26.9. The lowest BCUT2D eigenvalue weighted by Crippen LogP contribution is -2.48. The van der Waals surface area contributed by atoms with E-state index in [1.807, 2.05) is 38.1 Å². The van der Waals surface area contributed by atoms with E-state index in [2.05, 4.69) is 10.3 Å². The molecule has 6 heteroatoms. The standard InChI is InChI=1S/C21H27N3O2.ClH/c1-12-13(2)26-21(23-12)16-7-4-8-18(11-16)24-20(25)17-9-14-5-3-6-15(10-17)19(14)22;/h4,7-8,11,14-15,17,19H,3,5-6,9-10,22H2,1-2H3,(H,24,25);1H. The third-order valence-corrected chi connectivity index (χ3v) is 6.19.